The van der Waals surface area contributed by atoms with Crippen molar-refractivity contribution in [2.75, 3.05) is 0 Å². The smallest absolute Gasteiger partial charge is 0.788 e. The summed E-state index contributed by atoms with van der Waals surface area (Å²) in [5.74, 6) is 0.723. The molecule has 1 aromatic carbocycles. The van der Waals surface area contributed by atoms with Gasteiger partial charge in [0.15, 0.2) is 0 Å². The second-order valence-corrected chi connectivity index (χ2v) is 1.92. The first-order valence-corrected chi connectivity index (χ1v) is 3.13. The number of hydrogen-bond donors (Lipinski definition) is 0. The predicted molar refractivity (Wildman–Crippen MR) is 37.5 cm³/mol. The van der Waals surface area contributed by atoms with Crippen LogP contribution in [0.15, 0.2) is 30.3 Å². The second kappa shape index (κ2) is 5.36. The van der Waals surface area contributed by atoms with Gasteiger partial charge in [-0.2, -0.15) is 5.75 Å². The standard InChI is InChI=1S/C7H8S.Na/c8-6-7-4-2-1-3-5-7;/h1-5,8H,6H2;/q;+1/p-1. The molecule has 0 fully saturated rings. The first kappa shape index (κ1) is 9.57. The van der Waals surface area contributed by atoms with Gasteiger partial charge in [-0.05, 0) is 0 Å². The molecule has 1 aromatic rings. The van der Waals surface area contributed by atoms with Crippen LogP contribution in [0.5, 0.6) is 0 Å². The van der Waals surface area contributed by atoms with Crippen molar-refractivity contribution in [2.45, 2.75) is 5.75 Å². The van der Waals surface area contributed by atoms with E-state index in [9.17, 15) is 0 Å². The molecule has 0 atom stereocenters. The van der Waals surface area contributed by atoms with Crippen LogP contribution in [0.25, 0.3) is 0 Å². The molecule has 2 heteroatoms. The van der Waals surface area contributed by atoms with Crippen LogP contribution in [0.1, 0.15) is 5.56 Å². The van der Waals surface area contributed by atoms with Crippen molar-refractivity contribution in [3.63, 3.8) is 0 Å². The molecule has 0 aromatic heterocycles. The Balaban J connectivity index is 0.000000640. The van der Waals surface area contributed by atoms with E-state index in [2.05, 4.69) is 0 Å². The molecule has 0 unspecified atom stereocenters. The summed E-state index contributed by atoms with van der Waals surface area (Å²) in [6, 6.07) is 10.1. The first-order valence-electron chi connectivity index (χ1n) is 2.55. The van der Waals surface area contributed by atoms with E-state index in [1.807, 2.05) is 30.3 Å². The monoisotopic (exact) mass is 146 g/mol. The Labute approximate surface area is 83.4 Å². The Hall–Kier alpha value is 0.570. The fraction of sp³-hybridized carbons (Fsp3) is 0.143. The van der Waals surface area contributed by atoms with Crippen molar-refractivity contribution in [1.29, 1.82) is 0 Å². The average Bonchev–Trinajstić information content (AvgIpc) is 1.90. The van der Waals surface area contributed by atoms with Crippen molar-refractivity contribution < 1.29 is 29.6 Å². The third kappa shape index (κ3) is 3.31. The summed E-state index contributed by atoms with van der Waals surface area (Å²) in [6.45, 7) is 0. The summed E-state index contributed by atoms with van der Waals surface area (Å²) in [4.78, 5) is 0. The molecular formula is C7H7NaS. The Morgan fingerprint density at radius 1 is 1.11 bits per heavy atom. The van der Waals surface area contributed by atoms with Gasteiger partial charge in [-0.25, -0.2) is 0 Å². The zero-order valence-electron chi connectivity index (χ0n) is 5.50. The normalized spacial score (nSPS) is 8.11. The van der Waals surface area contributed by atoms with E-state index in [0.29, 0.717) is 0 Å². The summed E-state index contributed by atoms with van der Waals surface area (Å²) < 4.78 is 0. The SMILES string of the molecule is [Na+].[S-]Cc1ccccc1. The Bertz CT molecular complexity index is 150. The molecule has 0 saturated heterocycles. The van der Waals surface area contributed by atoms with Gasteiger partial charge >= 0.3 is 29.6 Å². The molecule has 0 N–H and O–H groups in total. The van der Waals surface area contributed by atoms with Crippen LogP contribution in [0.4, 0.5) is 0 Å². The maximum atomic E-state index is 4.82. The summed E-state index contributed by atoms with van der Waals surface area (Å²) in [7, 11) is 0. The minimum atomic E-state index is 0. The Kier molecular flexibility index (Phi) is 5.70. The van der Waals surface area contributed by atoms with E-state index >= 15 is 0 Å². The van der Waals surface area contributed by atoms with Gasteiger partial charge in [0.1, 0.15) is 0 Å². The second-order valence-electron chi connectivity index (χ2n) is 1.63. The zero-order chi connectivity index (χ0) is 5.82. The van der Waals surface area contributed by atoms with Gasteiger partial charge in [0.05, 0.1) is 0 Å². The molecule has 0 saturated carbocycles. The van der Waals surface area contributed by atoms with Gasteiger partial charge in [-0.1, -0.05) is 35.9 Å². The first-order chi connectivity index (χ1) is 3.93. The quantitative estimate of drug-likeness (QED) is 0.352. The van der Waals surface area contributed by atoms with E-state index in [1.165, 1.54) is 5.56 Å². The third-order valence-corrected chi connectivity index (χ3v) is 1.34. The molecule has 42 valence electrons. The van der Waals surface area contributed by atoms with Crippen molar-refractivity contribution in [3.8, 4) is 0 Å². The van der Waals surface area contributed by atoms with Crippen LogP contribution in [0.3, 0.4) is 0 Å². The molecule has 0 bridgehead atoms. The van der Waals surface area contributed by atoms with Crippen LogP contribution in [-0.2, 0) is 18.4 Å². The van der Waals surface area contributed by atoms with Crippen molar-refractivity contribution >= 4 is 12.6 Å². The van der Waals surface area contributed by atoms with Crippen molar-refractivity contribution in [3.05, 3.63) is 35.9 Å². The van der Waals surface area contributed by atoms with Crippen LogP contribution < -0.4 is 29.6 Å². The topological polar surface area (TPSA) is 0 Å². The average molecular weight is 146 g/mol. The molecule has 0 aliphatic heterocycles. The summed E-state index contributed by atoms with van der Waals surface area (Å²) in [5, 5.41) is 0. The third-order valence-electron chi connectivity index (χ3n) is 1.01. The fourth-order valence-corrected chi connectivity index (χ4v) is 0.767. The molecule has 0 nitrogen and oxygen atoms in total. The molecular weight excluding hydrogens is 139 g/mol. The van der Waals surface area contributed by atoms with Gasteiger partial charge in [0.2, 0.25) is 0 Å². The Morgan fingerprint density at radius 2 is 1.67 bits per heavy atom. The largest absolute Gasteiger partial charge is 1.00 e. The summed E-state index contributed by atoms with van der Waals surface area (Å²) >= 11 is 4.82. The van der Waals surface area contributed by atoms with E-state index in [1.54, 1.807) is 0 Å². The molecule has 0 aliphatic rings. The van der Waals surface area contributed by atoms with E-state index < -0.39 is 0 Å². The van der Waals surface area contributed by atoms with Crippen LogP contribution >= 0.6 is 0 Å². The van der Waals surface area contributed by atoms with Crippen molar-refractivity contribution in [2.24, 2.45) is 0 Å². The van der Waals surface area contributed by atoms with E-state index in [4.69, 9.17) is 12.6 Å². The summed E-state index contributed by atoms with van der Waals surface area (Å²) in [5.41, 5.74) is 1.22. The molecule has 9 heavy (non-hydrogen) atoms. The van der Waals surface area contributed by atoms with Gasteiger partial charge in [-0.3, -0.25) is 0 Å². The van der Waals surface area contributed by atoms with E-state index in [0.717, 1.165) is 5.75 Å². The molecule has 0 heterocycles. The van der Waals surface area contributed by atoms with Gasteiger partial charge in [0.25, 0.3) is 0 Å². The molecule has 0 amide bonds. The predicted octanol–water partition coefficient (Wildman–Crippen LogP) is -1.26. The number of rotatable bonds is 1. The zero-order valence-corrected chi connectivity index (χ0v) is 8.32. The van der Waals surface area contributed by atoms with Gasteiger partial charge in [-0.15, -0.1) is 0 Å². The Morgan fingerprint density at radius 3 is 2.00 bits per heavy atom. The molecule has 0 radical (unpaired) electrons. The minimum Gasteiger partial charge on any atom is -0.788 e. The fourth-order valence-electron chi connectivity index (χ4n) is 0.574. The maximum Gasteiger partial charge on any atom is 1.00 e. The minimum absolute atomic E-state index is 0. The molecule has 0 aliphatic carbocycles. The van der Waals surface area contributed by atoms with Crippen LogP contribution in [0.2, 0.25) is 0 Å². The molecule has 1 rings (SSSR count). The van der Waals surface area contributed by atoms with Gasteiger partial charge < -0.3 is 12.6 Å². The summed E-state index contributed by atoms with van der Waals surface area (Å²) in [6.07, 6.45) is 0. The van der Waals surface area contributed by atoms with Crippen LogP contribution in [0, 0.1) is 0 Å². The number of benzene rings is 1. The molecule has 0 spiro atoms. The van der Waals surface area contributed by atoms with Crippen molar-refractivity contribution in [1.82, 2.24) is 0 Å². The maximum absolute atomic E-state index is 4.82. The van der Waals surface area contributed by atoms with Gasteiger partial charge in [0, 0.05) is 0 Å². The number of hydrogen-bond acceptors (Lipinski definition) is 1. The van der Waals surface area contributed by atoms with Crippen LogP contribution in [-0.4, -0.2) is 0 Å². The van der Waals surface area contributed by atoms with E-state index in [-0.39, 0.29) is 29.6 Å².